The van der Waals surface area contributed by atoms with Crippen molar-refractivity contribution in [1.82, 2.24) is 20.4 Å². The summed E-state index contributed by atoms with van der Waals surface area (Å²) in [6, 6.07) is 14.9. The van der Waals surface area contributed by atoms with Crippen molar-refractivity contribution in [2.45, 2.75) is 25.3 Å². The standard InChI is InChI=1S/C24H23BrClN5O3/c25-18-20(29-30-21(18)28-22(32)16-11-5-6-12-17(16)26)23(33)27-19(15-9-3-1-4-10-15)24(34)31-13-7-2-8-14-31/h1,3-6,9-12,19H,2,7-8,13-14H2,(H,27,33)(H2,28,29,30,32)/t19-/m1/s1. The van der Waals surface area contributed by atoms with Crippen molar-refractivity contribution >= 4 is 51.1 Å². The molecule has 0 bridgehead atoms. The first-order valence-corrected chi connectivity index (χ1v) is 12.1. The molecule has 8 nitrogen and oxygen atoms in total. The lowest BCUT2D eigenvalue weighted by molar-refractivity contribution is -0.134. The topological polar surface area (TPSA) is 107 Å². The summed E-state index contributed by atoms with van der Waals surface area (Å²) in [4.78, 5) is 40.8. The molecule has 3 N–H and O–H groups in total. The number of amides is 3. The first-order chi connectivity index (χ1) is 16.5. The number of piperidine rings is 1. The van der Waals surface area contributed by atoms with Crippen LogP contribution in [0, 0.1) is 0 Å². The number of likely N-dealkylation sites (tertiary alicyclic amines) is 1. The molecular formula is C24H23BrClN5O3. The highest BCUT2D eigenvalue weighted by atomic mass is 79.9. The van der Waals surface area contributed by atoms with E-state index in [4.69, 9.17) is 11.6 Å². The Bertz CT molecular complexity index is 1190. The molecule has 34 heavy (non-hydrogen) atoms. The third kappa shape index (κ3) is 5.31. The van der Waals surface area contributed by atoms with E-state index in [9.17, 15) is 14.4 Å². The van der Waals surface area contributed by atoms with E-state index in [1.165, 1.54) is 0 Å². The van der Waals surface area contributed by atoms with Crippen molar-refractivity contribution < 1.29 is 14.4 Å². The van der Waals surface area contributed by atoms with Crippen LogP contribution in [0.5, 0.6) is 0 Å². The molecule has 4 rings (SSSR count). The number of benzene rings is 2. The average molecular weight is 545 g/mol. The minimum Gasteiger partial charge on any atom is -0.341 e. The van der Waals surface area contributed by atoms with E-state index in [0.29, 0.717) is 23.7 Å². The molecule has 0 unspecified atom stereocenters. The molecule has 0 radical (unpaired) electrons. The van der Waals surface area contributed by atoms with Gasteiger partial charge in [-0.1, -0.05) is 54.1 Å². The molecule has 1 aliphatic rings. The number of nitrogens with zero attached hydrogens (tertiary/aromatic N) is 2. The van der Waals surface area contributed by atoms with E-state index in [1.54, 1.807) is 29.2 Å². The molecule has 1 atom stereocenters. The van der Waals surface area contributed by atoms with E-state index in [-0.39, 0.29) is 27.5 Å². The SMILES string of the molecule is O=C(Nc1n[nH]c(C(=O)N[C@@H](C(=O)N2CCCCC2)c2ccccc2)c1Br)c1ccccc1Cl. The predicted octanol–water partition coefficient (Wildman–Crippen LogP) is 4.56. The molecule has 1 saturated heterocycles. The second-order valence-corrected chi connectivity index (χ2v) is 9.10. The van der Waals surface area contributed by atoms with Gasteiger partial charge in [0, 0.05) is 13.1 Å². The highest BCUT2D eigenvalue weighted by Crippen LogP contribution is 2.27. The van der Waals surface area contributed by atoms with E-state index < -0.39 is 17.9 Å². The van der Waals surface area contributed by atoms with E-state index in [2.05, 4.69) is 36.8 Å². The summed E-state index contributed by atoms with van der Waals surface area (Å²) in [5.74, 6) is -1.01. The minimum absolute atomic E-state index is 0.0850. The third-order valence-electron chi connectivity index (χ3n) is 5.61. The highest BCUT2D eigenvalue weighted by molar-refractivity contribution is 9.10. The van der Waals surface area contributed by atoms with Gasteiger partial charge in [0.25, 0.3) is 11.8 Å². The van der Waals surface area contributed by atoms with Crippen molar-refractivity contribution in [3.8, 4) is 0 Å². The predicted molar refractivity (Wildman–Crippen MR) is 133 cm³/mol. The number of carbonyl (C=O) groups is 3. The number of anilines is 1. The van der Waals surface area contributed by atoms with Crippen LogP contribution in [-0.4, -0.2) is 45.9 Å². The molecule has 10 heteroatoms. The Labute approximate surface area is 210 Å². The Morgan fingerprint density at radius 2 is 1.65 bits per heavy atom. The zero-order valence-corrected chi connectivity index (χ0v) is 20.5. The molecular weight excluding hydrogens is 522 g/mol. The van der Waals surface area contributed by atoms with Crippen molar-refractivity contribution in [2.75, 3.05) is 18.4 Å². The maximum absolute atomic E-state index is 13.3. The van der Waals surface area contributed by atoms with E-state index in [0.717, 1.165) is 19.3 Å². The third-order valence-corrected chi connectivity index (χ3v) is 6.71. The summed E-state index contributed by atoms with van der Waals surface area (Å²) in [7, 11) is 0. The van der Waals surface area contributed by atoms with Crippen molar-refractivity contribution in [2.24, 2.45) is 0 Å². The number of halogens is 2. The van der Waals surface area contributed by atoms with Crippen LogP contribution in [0.1, 0.15) is 51.7 Å². The van der Waals surface area contributed by atoms with Crippen molar-refractivity contribution in [1.29, 1.82) is 0 Å². The highest BCUT2D eigenvalue weighted by Gasteiger charge is 2.30. The Morgan fingerprint density at radius 3 is 2.35 bits per heavy atom. The van der Waals surface area contributed by atoms with Gasteiger partial charge in [0.2, 0.25) is 5.91 Å². The molecule has 1 aromatic heterocycles. The van der Waals surface area contributed by atoms with Gasteiger partial charge in [0.15, 0.2) is 5.82 Å². The minimum atomic E-state index is -0.844. The zero-order valence-electron chi connectivity index (χ0n) is 18.2. The van der Waals surface area contributed by atoms with Gasteiger partial charge in [-0.2, -0.15) is 5.10 Å². The summed E-state index contributed by atoms with van der Waals surface area (Å²) >= 11 is 9.42. The molecule has 0 saturated carbocycles. The Balaban J connectivity index is 1.53. The lowest BCUT2D eigenvalue weighted by atomic mass is 10.0. The van der Waals surface area contributed by atoms with Crippen molar-refractivity contribution in [3.05, 3.63) is 80.9 Å². The van der Waals surface area contributed by atoms with Gasteiger partial charge in [-0.05, 0) is 52.9 Å². The largest absolute Gasteiger partial charge is 0.341 e. The molecule has 0 aliphatic carbocycles. The van der Waals surface area contributed by atoms with Crippen LogP contribution in [0.4, 0.5) is 5.82 Å². The quantitative estimate of drug-likeness (QED) is 0.423. The Morgan fingerprint density at radius 1 is 0.971 bits per heavy atom. The average Bonchev–Trinajstić information content (AvgIpc) is 3.23. The Hall–Kier alpha value is -3.17. The number of nitrogens with one attached hydrogen (secondary N) is 3. The second-order valence-electron chi connectivity index (χ2n) is 7.90. The van der Waals surface area contributed by atoms with Gasteiger partial charge in [-0.25, -0.2) is 0 Å². The van der Waals surface area contributed by atoms with Gasteiger partial charge in [-0.15, -0.1) is 0 Å². The Kier molecular flexibility index (Phi) is 7.64. The van der Waals surface area contributed by atoms with Crippen LogP contribution in [0.15, 0.2) is 59.1 Å². The van der Waals surface area contributed by atoms with E-state index >= 15 is 0 Å². The summed E-state index contributed by atoms with van der Waals surface area (Å²) < 4.78 is 0.266. The molecule has 1 fully saturated rings. The van der Waals surface area contributed by atoms with Gasteiger partial charge in [0.1, 0.15) is 11.7 Å². The molecule has 3 aromatic rings. The number of aromatic nitrogens is 2. The summed E-state index contributed by atoms with van der Waals surface area (Å²) in [6.45, 7) is 1.34. The van der Waals surface area contributed by atoms with Gasteiger partial charge in [-0.3, -0.25) is 19.5 Å². The lowest BCUT2D eigenvalue weighted by Crippen LogP contribution is -2.45. The maximum atomic E-state index is 13.3. The van der Waals surface area contributed by atoms with Gasteiger partial charge < -0.3 is 15.5 Å². The first kappa shape index (κ1) is 24.0. The number of aromatic amines is 1. The molecule has 3 amide bonds. The van der Waals surface area contributed by atoms with Crippen molar-refractivity contribution in [3.63, 3.8) is 0 Å². The zero-order chi connectivity index (χ0) is 24.1. The van der Waals surface area contributed by atoms with Crippen LogP contribution in [-0.2, 0) is 4.79 Å². The van der Waals surface area contributed by atoms with Crippen LogP contribution in [0.25, 0.3) is 0 Å². The second kappa shape index (κ2) is 10.8. The number of H-pyrrole nitrogens is 1. The molecule has 1 aliphatic heterocycles. The fourth-order valence-corrected chi connectivity index (χ4v) is 4.49. The smallest absolute Gasteiger partial charge is 0.271 e. The lowest BCUT2D eigenvalue weighted by Gasteiger charge is -2.31. The molecule has 0 spiro atoms. The van der Waals surface area contributed by atoms with Gasteiger partial charge in [0.05, 0.1) is 15.1 Å². The summed E-state index contributed by atoms with van der Waals surface area (Å²) in [5.41, 5.74) is 1.05. The van der Waals surface area contributed by atoms with E-state index in [1.807, 2.05) is 30.3 Å². The normalized spacial score (nSPS) is 14.4. The fraction of sp³-hybridized carbons (Fsp3) is 0.250. The molecule has 2 aromatic carbocycles. The van der Waals surface area contributed by atoms with Crippen LogP contribution < -0.4 is 10.6 Å². The summed E-state index contributed by atoms with van der Waals surface area (Å²) in [6.07, 6.45) is 2.99. The molecule has 2 heterocycles. The number of rotatable bonds is 6. The first-order valence-electron chi connectivity index (χ1n) is 10.9. The number of carbonyl (C=O) groups excluding carboxylic acids is 3. The van der Waals surface area contributed by atoms with Crippen LogP contribution >= 0.6 is 27.5 Å². The van der Waals surface area contributed by atoms with Gasteiger partial charge >= 0.3 is 0 Å². The number of hydrogen-bond acceptors (Lipinski definition) is 4. The maximum Gasteiger partial charge on any atom is 0.271 e. The summed E-state index contributed by atoms with van der Waals surface area (Å²) in [5, 5.41) is 12.4. The van der Waals surface area contributed by atoms with Crippen LogP contribution in [0.3, 0.4) is 0 Å². The fourth-order valence-electron chi connectivity index (χ4n) is 3.82. The van der Waals surface area contributed by atoms with Crippen LogP contribution in [0.2, 0.25) is 5.02 Å². The monoisotopic (exact) mass is 543 g/mol. The number of hydrogen-bond donors (Lipinski definition) is 3. The molecule has 176 valence electrons.